The van der Waals surface area contributed by atoms with Crippen molar-refractivity contribution in [3.63, 3.8) is 0 Å². The maximum absolute atomic E-state index is 12.7. The molecule has 150 valence electrons. The van der Waals surface area contributed by atoms with Crippen LogP contribution in [-0.4, -0.2) is 48.1 Å². The van der Waals surface area contributed by atoms with Crippen molar-refractivity contribution in [2.75, 3.05) is 26.4 Å². The van der Waals surface area contributed by atoms with Gasteiger partial charge >= 0.3 is 5.97 Å². The van der Waals surface area contributed by atoms with Crippen LogP contribution in [0, 0.1) is 0 Å². The zero-order valence-corrected chi connectivity index (χ0v) is 17.1. The largest absolute Gasteiger partial charge is 0.461 e. The van der Waals surface area contributed by atoms with E-state index >= 15 is 0 Å². The summed E-state index contributed by atoms with van der Waals surface area (Å²) in [5.74, 6) is -0.545. The van der Waals surface area contributed by atoms with Crippen LogP contribution < -0.4 is 0 Å². The highest BCUT2D eigenvalue weighted by Crippen LogP contribution is 2.14. The molecular weight excluding hydrogens is 376 g/mol. The maximum atomic E-state index is 12.7. The summed E-state index contributed by atoms with van der Waals surface area (Å²) in [4.78, 5) is 30.5. The highest BCUT2D eigenvalue weighted by molar-refractivity contribution is 7.09. The van der Waals surface area contributed by atoms with Crippen LogP contribution in [0.25, 0.3) is 6.08 Å². The normalized spacial score (nSPS) is 10.9. The van der Waals surface area contributed by atoms with Crippen LogP contribution in [0.15, 0.2) is 41.8 Å². The molecule has 0 N–H and O–H groups in total. The molecule has 0 spiro atoms. The van der Waals surface area contributed by atoms with E-state index in [1.165, 1.54) is 11.3 Å². The summed E-state index contributed by atoms with van der Waals surface area (Å²) in [5, 5.41) is 2.36. The van der Waals surface area contributed by atoms with Crippen molar-refractivity contribution >= 4 is 29.3 Å². The van der Waals surface area contributed by atoms with Gasteiger partial charge in [0.2, 0.25) is 5.91 Å². The lowest BCUT2D eigenvalue weighted by Gasteiger charge is -2.20. The van der Waals surface area contributed by atoms with Crippen LogP contribution in [0.4, 0.5) is 0 Å². The van der Waals surface area contributed by atoms with Crippen LogP contribution in [-0.2, 0) is 20.8 Å². The van der Waals surface area contributed by atoms with Crippen molar-refractivity contribution in [1.82, 2.24) is 9.88 Å². The van der Waals surface area contributed by atoms with Crippen molar-refractivity contribution in [1.29, 1.82) is 0 Å². The predicted octanol–water partition coefficient (Wildman–Crippen LogP) is 3.79. The van der Waals surface area contributed by atoms with E-state index in [1.807, 2.05) is 37.3 Å². The van der Waals surface area contributed by atoms with E-state index in [4.69, 9.17) is 9.47 Å². The van der Waals surface area contributed by atoms with Crippen molar-refractivity contribution in [3.8, 4) is 0 Å². The Labute approximate surface area is 169 Å². The Morgan fingerprint density at radius 3 is 2.68 bits per heavy atom. The SMILES string of the molecule is CCOCCCN(Cc1nc(C(=O)OCC)cs1)C(=O)C=Cc1ccccc1. The number of carbonyl (C=O) groups excluding carboxylic acids is 2. The van der Waals surface area contributed by atoms with Crippen molar-refractivity contribution < 1.29 is 19.1 Å². The molecule has 0 aliphatic rings. The minimum Gasteiger partial charge on any atom is -0.461 e. The number of aromatic nitrogens is 1. The first-order valence-corrected chi connectivity index (χ1v) is 10.2. The third-order valence-electron chi connectivity index (χ3n) is 3.81. The monoisotopic (exact) mass is 402 g/mol. The van der Waals surface area contributed by atoms with Crippen LogP contribution in [0.2, 0.25) is 0 Å². The van der Waals surface area contributed by atoms with E-state index < -0.39 is 5.97 Å². The fourth-order valence-electron chi connectivity index (χ4n) is 2.45. The number of rotatable bonds is 11. The Bertz CT molecular complexity index is 774. The minimum absolute atomic E-state index is 0.103. The van der Waals surface area contributed by atoms with Crippen LogP contribution in [0.5, 0.6) is 0 Å². The first-order valence-electron chi connectivity index (χ1n) is 9.35. The number of benzene rings is 1. The summed E-state index contributed by atoms with van der Waals surface area (Å²) in [6.07, 6.45) is 4.09. The third kappa shape index (κ3) is 7.25. The van der Waals surface area contributed by atoms with E-state index in [2.05, 4.69) is 4.98 Å². The van der Waals surface area contributed by atoms with Gasteiger partial charge in [0.05, 0.1) is 13.2 Å². The van der Waals surface area contributed by atoms with Gasteiger partial charge in [-0.15, -0.1) is 11.3 Å². The van der Waals surface area contributed by atoms with Gasteiger partial charge in [0.15, 0.2) is 5.69 Å². The summed E-state index contributed by atoms with van der Waals surface area (Å²) in [7, 11) is 0. The number of thiazole rings is 1. The van der Waals surface area contributed by atoms with Gasteiger partial charge in [0, 0.05) is 31.2 Å². The van der Waals surface area contributed by atoms with Gasteiger partial charge in [-0.25, -0.2) is 9.78 Å². The van der Waals surface area contributed by atoms with E-state index in [0.717, 1.165) is 12.0 Å². The molecule has 0 aliphatic heterocycles. The highest BCUT2D eigenvalue weighted by atomic mass is 32.1. The average molecular weight is 403 g/mol. The molecule has 1 aromatic heterocycles. The molecule has 7 heteroatoms. The number of carbonyl (C=O) groups is 2. The molecule has 0 saturated carbocycles. The Morgan fingerprint density at radius 1 is 1.18 bits per heavy atom. The maximum Gasteiger partial charge on any atom is 0.357 e. The molecule has 28 heavy (non-hydrogen) atoms. The lowest BCUT2D eigenvalue weighted by molar-refractivity contribution is -0.126. The first-order chi connectivity index (χ1) is 13.6. The smallest absolute Gasteiger partial charge is 0.357 e. The van der Waals surface area contributed by atoms with Gasteiger partial charge in [-0.05, 0) is 31.9 Å². The van der Waals surface area contributed by atoms with Gasteiger partial charge in [0.25, 0.3) is 0 Å². The quantitative estimate of drug-likeness (QED) is 0.325. The average Bonchev–Trinajstić information content (AvgIpc) is 3.18. The number of amides is 1. The van der Waals surface area contributed by atoms with Gasteiger partial charge in [0.1, 0.15) is 5.01 Å². The van der Waals surface area contributed by atoms with E-state index in [0.29, 0.717) is 37.9 Å². The lowest BCUT2D eigenvalue weighted by atomic mass is 10.2. The molecule has 1 aromatic carbocycles. The molecule has 0 atom stereocenters. The second-order valence-electron chi connectivity index (χ2n) is 5.90. The number of esters is 1. The third-order valence-corrected chi connectivity index (χ3v) is 4.65. The van der Waals surface area contributed by atoms with Gasteiger partial charge < -0.3 is 14.4 Å². The Kier molecular flexibility index (Phi) is 9.37. The Balaban J connectivity index is 2.04. The highest BCUT2D eigenvalue weighted by Gasteiger charge is 2.16. The van der Waals surface area contributed by atoms with E-state index in [9.17, 15) is 9.59 Å². The molecule has 0 aliphatic carbocycles. The zero-order valence-electron chi connectivity index (χ0n) is 16.3. The molecule has 0 unspecified atom stereocenters. The summed E-state index contributed by atoms with van der Waals surface area (Å²) in [5.41, 5.74) is 1.24. The number of nitrogens with zero attached hydrogens (tertiary/aromatic N) is 2. The Morgan fingerprint density at radius 2 is 1.96 bits per heavy atom. The molecule has 0 radical (unpaired) electrons. The molecule has 2 aromatic rings. The van der Waals surface area contributed by atoms with Crippen molar-refractivity contribution in [3.05, 3.63) is 58.1 Å². The second-order valence-corrected chi connectivity index (χ2v) is 6.84. The molecule has 0 bridgehead atoms. The minimum atomic E-state index is -0.441. The topological polar surface area (TPSA) is 68.7 Å². The Hall–Kier alpha value is -2.51. The van der Waals surface area contributed by atoms with Crippen LogP contribution >= 0.6 is 11.3 Å². The molecule has 6 nitrogen and oxygen atoms in total. The summed E-state index contributed by atoms with van der Waals surface area (Å²) in [6.45, 7) is 6.13. The number of ether oxygens (including phenoxy) is 2. The van der Waals surface area contributed by atoms with Crippen LogP contribution in [0.1, 0.15) is 41.3 Å². The predicted molar refractivity (Wildman–Crippen MR) is 110 cm³/mol. The van der Waals surface area contributed by atoms with Crippen LogP contribution in [0.3, 0.4) is 0 Å². The van der Waals surface area contributed by atoms with Crippen molar-refractivity contribution in [2.45, 2.75) is 26.8 Å². The van der Waals surface area contributed by atoms with Crippen molar-refractivity contribution in [2.24, 2.45) is 0 Å². The number of hydrogen-bond acceptors (Lipinski definition) is 6. The summed E-state index contributed by atoms with van der Waals surface area (Å²) >= 11 is 1.35. The molecular formula is C21H26N2O4S. The van der Waals surface area contributed by atoms with Gasteiger partial charge in [-0.2, -0.15) is 0 Å². The molecule has 0 fully saturated rings. The van der Waals surface area contributed by atoms with Gasteiger partial charge in [-0.3, -0.25) is 4.79 Å². The number of hydrogen-bond donors (Lipinski definition) is 0. The summed E-state index contributed by atoms with van der Waals surface area (Å²) in [6, 6.07) is 9.67. The van der Waals surface area contributed by atoms with Gasteiger partial charge in [-0.1, -0.05) is 30.3 Å². The first kappa shape index (κ1) is 21.8. The molecule has 1 heterocycles. The van der Waals surface area contributed by atoms with E-state index in [1.54, 1.807) is 29.4 Å². The van der Waals surface area contributed by atoms with E-state index in [-0.39, 0.29) is 11.6 Å². The lowest BCUT2D eigenvalue weighted by Crippen LogP contribution is -2.30. The summed E-state index contributed by atoms with van der Waals surface area (Å²) < 4.78 is 10.3. The second kappa shape index (κ2) is 12.0. The molecule has 2 rings (SSSR count). The molecule has 1 amide bonds. The standard InChI is InChI=1S/C21H26N2O4S/c1-3-26-14-8-13-23(20(24)12-11-17-9-6-5-7-10-17)15-19-22-18(16-28-19)21(25)27-4-2/h5-7,9-12,16H,3-4,8,13-15H2,1-2H3. The molecule has 0 saturated heterocycles. The fourth-order valence-corrected chi connectivity index (χ4v) is 3.23. The fraction of sp³-hybridized carbons (Fsp3) is 0.381. The zero-order chi connectivity index (χ0) is 20.2.